The standard InChI is InChI=1S/C16H21N3OS/c1-11(2)14-10-21-15(19-14)9-18-16(20)13(17)8-12-6-4-3-5-7-12/h3-7,10-11,13H,8-9,17H2,1-2H3,(H,18,20). The van der Waals surface area contributed by atoms with Crippen molar-refractivity contribution in [3.63, 3.8) is 0 Å². The van der Waals surface area contributed by atoms with Crippen LogP contribution in [-0.4, -0.2) is 16.9 Å². The molecular weight excluding hydrogens is 282 g/mol. The number of carbonyl (C=O) groups excluding carboxylic acids is 1. The van der Waals surface area contributed by atoms with Gasteiger partial charge in [-0.05, 0) is 17.9 Å². The fourth-order valence-corrected chi connectivity index (χ4v) is 2.82. The molecule has 1 amide bonds. The number of nitrogens with zero attached hydrogens (tertiary/aromatic N) is 1. The summed E-state index contributed by atoms with van der Waals surface area (Å²) in [6, 6.07) is 9.26. The lowest BCUT2D eigenvalue weighted by molar-refractivity contribution is -0.122. The zero-order valence-corrected chi connectivity index (χ0v) is 13.2. The maximum Gasteiger partial charge on any atom is 0.237 e. The van der Waals surface area contributed by atoms with Gasteiger partial charge in [-0.15, -0.1) is 11.3 Å². The molecule has 0 saturated heterocycles. The van der Waals surface area contributed by atoms with E-state index < -0.39 is 6.04 Å². The fourth-order valence-electron chi connectivity index (χ4n) is 1.93. The summed E-state index contributed by atoms with van der Waals surface area (Å²) in [5, 5.41) is 5.81. The maximum absolute atomic E-state index is 12.0. The average Bonchev–Trinajstić information content (AvgIpc) is 2.95. The molecule has 2 rings (SSSR count). The number of hydrogen-bond donors (Lipinski definition) is 2. The molecule has 1 aromatic carbocycles. The summed E-state index contributed by atoms with van der Waals surface area (Å²) < 4.78 is 0. The molecule has 1 atom stereocenters. The van der Waals surface area contributed by atoms with Crippen LogP contribution < -0.4 is 11.1 Å². The van der Waals surface area contributed by atoms with E-state index in [-0.39, 0.29) is 5.91 Å². The van der Waals surface area contributed by atoms with E-state index in [1.165, 1.54) is 0 Å². The van der Waals surface area contributed by atoms with Crippen LogP contribution in [-0.2, 0) is 17.8 Å². The highest BCUT2D eigenvalue weighted by Gasteiger charge is 2.14. The van der Waals surface area contributed by atoms with Crippen molar-refractivity contribution >= 4 is 17.2 Å². The molecule has 1 aromatic heterocycles. The van der Waals surface area contributed by atoms with Crippen LogP contribution in [0.1, 0.15) is 36.0 Å². The predicted molar refractivity (Wildman–Crippen MR) is 86.2 cm³/mol. The average molecular weight is 303 g/mol. The second-order valence-corrected chi connectivity index (χ2v) is 6.28. The molecule has 0 saturated carbocycles. The van der Waals surface area contributed by atoms with Crippen molar-refractivity contribution < 1.29 is 4.79 Å². The highest BCUT2D eigenvalue weighted by Crippen LogP contribution is 2.17. The van der Waals surface area contributed by atoms with Crippen LogP contribution in [0, 0.1) is 0 Å². The number of rotatable bonds is 6. The molecule has 5 heteroatoms. The van der Waals surface area contributed by atoms with E-state index >= 15 is 0 Å². The van der Waals surface area contributed by atoms with Crippen molar-refractivity contribution in [3.05, 3.63) is 52.0 Å². The van der Waals surface area contributed by atoms with Crippen LogP contribution in [0.4, 0.5) is 0 Å². The van der Waals surface area contributed by atoms with E-state index in [0.717, 1.165) is 16.3 Å². The third-order valence-electron chi connectivity index (χ3n) is 3.21. The van der Waals surface area contributed by atoms with Gasteiger partial charge in [0.1, 0.15) is 5.01 Å². The Labute approximate surface area is 129 Å². The number of thiazole rings is 1. The lowest BCUT2D eigenvalue weighted by Gasteiger charge is -2.11. The minimum absolute atomic E-state index is 0.139. The van der Waals surface area contributed by atoms with Gasteiger partial charge in [-0.2, -0.15) is 0 Å². The number of aromatic nitrogens is 1. The zero-order chi connectivity index (χ0) is 15.2. The molecule has 3 N–H and O–H groups in total. The Morgan fingerprint density at radius 3 is 2.67 bits per heavy atom. The van der Waals surface area contributed by atoms with Gasteiger partial charge < -0.3 is 11.1 Å². The molecule has 112 valence electrons. The molecule has 0 aliphatic carbocycles. The van der Waals surface area contributed by atoms with Gasteiger partial charge in [-0.25, -0.2) is 4.98 Å². The molecule has 21 heavy (non-hydrogen) atoms. The number of carbonyl (C=O) groups is 1. The Hall–Kier alpha value is -1.72. The lowest BCUT2D eigenvalue weighted by atomic mass is 10.1. The lowest BCUT2D eigenvalue weighted by Crippen LogP contribution is -2.41. The second kappa shape index (κ2) is 7.33. The Bertz CT molecular complexity index is 580. The van der Waals surface area contributed by atoms with Crippen LogP contribution in [0.5, 0.6) is 0 Å². The van der Waals surface area contributed by atoms with Gasteiger partial charge in [-0.3, -0.25) is 4.79 Å². The number of amides is 1. The molecule has 1 unspecified atom stereocenters. The predicted octanol–water partition coefficient (Wildman–Crippen LogP) is 2.45. The Morgan fingerprint density at radius 2 is 2.05 bits per heavy atom. The maximum atomic E-state index is 12.0. The summed E-state index contributed by atoms with van der Waals surface area (Å²) in [6.45, 7) is 4.65. The Kier molecular flexibility index (Phi) is 5.47. The van der Waals surface area contributed by atoms with E-state index in [4.69, 9.17) is 5.73 Å². The first-order valence-electron chi connectivity index (χ1n) is 7.07. The van der Waals surface area contributed by atoms with Crippen molar-refractivity contribution in [1.82, 2.24) is 10.3 Å². The number of nitrogens with two attached hydrogens (primary N) is 1. The third kappa shape index (κ3) is 4.65. The molecule has 0 spiro atoms. The quantitative estimate of drug-likeness (QED) is 0.861. The Morgan fingerprint density at radius 1 is 1.33 bits per heavy atom. The first-order valence-corrected chi connectivity index (χ1v) is 7.95. The molecule has 0 aliphatic rings. The van der Waals surface area contributed by atoms with E-state index in [9.17, 15) is 4.79 Å². The molecule has 0 fully saturated rings. The summed E-state index contributed by atoms with van der Waals surface area (Å²) >= 11 is 1.57. The summed E-state index contributed by atoms with van der Waals surface area (Å²) in [6.07, 6.45) is 0.543. The molecule has 1 heterocycles. The summed E-state index contributed by atoms with van der Waals surface area (Å²) in [4.78, 5) is 16.5. The topological polar surface area (TPSA) is 68.0 Å². The highest BCUT2D eigenvalue weighted by atomic mass is 32.1. The summed E-state index contributed by atoms with van der Waals surface area (Å²) in [7, 11) is 0. The van der Waals surface area contributed by atoms with Crippen molar-refractivity contribution in [1.29, 1.82) is 0 Å². The number of benzene rings is 1. The summed E-state index contributed by atoms with van der Waals surface area (Å²) in [5.74, 6) is 0.270. The molecular formula is C16H21N3OS. The van der Waals surface area contributed by atoms with E-state index in [1.54, 1.807) is 11.3 Å². The van der Waals surface area contributed by atoms with Crippen molar-refractivity contribution in [2.45, 2.75) is 38.8 Å². The van der Waals surface area contributed by atoms with Crippen LogP contribution in [0.25, 0.3) is 0 Å². The number of nitrogens with one attached hydrogen (secondary N) is 1. The van der Waals surface area contributed by atoms with Gasteiger partial charge in [0.15, 0.2) is 0 Å². The van der Waals surface area contributed by atoms with Gasteiger partial charge in [0.25, 0.3) is 0 Å². The monoisotopic (exact) mass is 303 g/mol. The van der Waals surface area contributed by atoms with Gasteiger partial charge >= 0.3 is 0 Å². The van der Waals surface area contributed by atoms with Gasteiger partial charge in [0, 0.05) is 5.38 Å². The van der Waals surface area contributed by atoms with Gasteiger partial charge in [0.05, 0.1) is 18.3 Å². The van der Waals surface area contributed by atoms with Crippen LogP contribution in [0.3, 0.4) is 0 Å². The van der Waals surface area contributed by atoms with Gasteiger partial charge in [-0.1, -0.05) is 44.2 Å². The third-order valence-corrected chi connectivity index (χ3v) is 4.08. The largest absolute Gasteiger partial charge is 0.348 e. The second-order valence-electron chi connectivity index (χ2n) is 5.33. The normalized spacial score (nSPS) is 12.4. The highest BCUT2D eigenvalue weighted by molar-refractivity contribution is 7.09. The van der Waals surface area contributed by atoms with Gasteiger partial charge in [0.2, 0.25) is 5.91 Å². The van der Waals surface area contributed by atoms with Crippen LogP contribution in [0.15, 0.2) is 35.7 Å². The van der Waals surface area contributed by atoms with E-state index in [1.807, 2.05) is 35.7 Å². The van der Waals surface area contributed by atoms with Crippen LogP contribution in [0.2, 0.25) is 0 Å². The molecule has 2 aromatic rings. The smallest absolute Gasteiger partial charge is 0.237 e. The van der Waals surface area contributed by atoms with E-state index in [0.29, 0.717) is 18.9 Å². The fraction of sp³-hybridized carbons (Fsp3) is 0.375. The molecule has 0 bridgehead atoms. The minimum Gasteiger partial charge on any atom is -0.348 e. The van der Waals surface area contributed by atoms with E-state index in [2.05, 4.69) is 24.1 Å². The SMILES string of the molecule is CC(C)c1csc(CNC(=O)C(N)Cc2ccccc2)n1. The molecule has 0 radical (unpaired) electrons. The minimum atomic E-state index is -0.531. The zero-order valence-electron chi connectivity index (χ0n) is 12.4. The van der Waals surface area contributed by atoms with Crippen molar-refractivity contribution in [3.8, 4) is 0 Å². The van der Waals surface area contributed by atoms with Crippen molar-refractivity contribution in [2.75, 3.05) is 0 Å². The summed E-state index contributed by atoms with van der Waals surface area (Å²) in [5.41, 5.74) is 8.07. The first kappa shape index (κ1) is 15.7. The molecule has 0 aliphatic heterocycles. The Balaban J connectivity index is 1.83. The molecule has 4 nitrogen and oxygen atoms in total. The van der Waals surface area contributed by atoms with Crippen molar-refractivity contribution in [2.24, 2.45) is 5.73 Å². The number of hydrogen-bond acceptors (Lipinski definition) is 4. The van der Waals surface area contributed by atoms with Crippen LogP contribution >= 0.6 is 11.3 Å². The first-order chi connectivity index (χ1) is 10.1.